The number of fused-ring (bicyclic) bond motifs is 7. The fraction of sp³-hybridized carbons (Fsp3) is 0.192. The van der Waals surface area contributed by atoms with Gasteiger partial charge in [-0.1, -0.05) is 24.3 Å². The van der Waals surface area contributed by atoms with Gasteiger partial charge in [-0.2, -0.15) is 8.78 Å². The van der Waals surface area contributed by atoms with E-state index >= 15 is 8.78 Å². The van der Waals surface area contributed by atoms with Gasteiger partial charge in [0.15, 0.2) is 0 Å². The van der Waals surface area contributed by atoms with E-state index in [1.165, 1.54) is 20.0 Å². The maximum atomic E-state index is 16.0. The molecule has 1 aliphatic rings. The SMILES string of the molecule is [2H]C([2H])([2H])c1ncc2c(n1)C(F)(F)C(C)(C)c1c-2ccc2c1oc1c(-c3ccccn3)cccc12. The lowest BCUT2D eigenvalue weighted by molar-refractivity contribution is -0.0777. The van der Waals surface area contributed by atoms with Crippen molar-refractivity contribution >= 4 is 21.9 Å². The first-order chi connectivity index (χ1) is 16.5. The first-order valence-corrected chi connectivity index (χ1v) is 10.2. The molecule has 0 spiro atoms. The molecule has 2 aromatic carbocycles. The minimum absolute atomic E-state index is 0.102. The summed E-state index contributed by atoms with van der Waals surface area (Å²) in [6, 6.07) is 14.8. The molecule has 0 saturated carbocycles. The zero-order chi connectivity index (χ0) is 24.8. The molecule has 4 nitrogen and oxygen atoms in total. The van der Waals surface area contributed by atoms with E-state index in [4.69, 9.17) is 8.53 Å². The molecule has 0 fully saturated rings. The fourth-order valence-corrected chi connectivity index (χ4v) is 4.70. The topological polar surface area (TPSA) is 51.8 Å². The Bertz CT molecular complexity index is 1640. The lowest BCUT2D eigenvalue weighted by atomic mass is 9.68. The van der Waals surface area contributed by atoms with Crippen LogP contribution in [0.5, 0.6) is 0 Å². The highest BCUT2D eigenvalue weighted by atomic mass is 19.3. The van der Waals surface area contributed by atoms with E-state index in [2.05, 4.69) is 15.0 Å². The van der Waals surface area contributed by atoms with Crippen LogP contribution in [-0.4, -0.2) is 15.0 Å². The Morgan fingerprint density at radius 3 is 2.50 bits per heavy atom. The number of furan rings is 1. The number of rotatable bonds is 1. The van der Waals surface area contributed by atoms with Gasteiger partial charge in [-0.05, 0) is 50.5 Å². The van der Waals surface area contributed by atoms with Crippen molar-refractivity contribution in [2.75, 3.05) is 0 Å². The molecule has 3 aromatic heterocycles. The van der Waals surface area contributed by atoms with Crippen molar-refractivity contribution in [3.8, 4) is 22.4 Å². The van der Waals surface area contributed by atoms with Crippen LogP contribution in [0, 0.1) is 6.85 Å². The summed E-state index contributed by atoms with van der Waals surface area (Å²) in [5.74, 6) is -4.07. The van der Waals surface area contributed by atoms with Crippen molar-refractivity contribution in [3.63, 3.8) is 0 Å². The summed E-state index contributed by atoms with van der Waals surface area (Å²) in [5.41, 5.74) is 1.01. The molecule has 6 rings (SSSR count). The Hall–Kier alpha value is -3.67. The van der Waals surface area contributed by atoms with E-state index in [-0.39, 0.29) is 5.56 Å². The molecular formula is C26H19F2N3O. The van der Waals surface area contributed by atoms with Gasteiger partial charge in [0.1, 0.15) is 22.7 Å². The van der Waals surface area contributed by atoms with E-state index < -0.39 is 29.7 Å². The van der Waals surface area contributed by atoms with E-state index in [9.17, 15) is 0 Å². The van der Waals surface area contributed by atoms with Crippen LogP contribution in [0.1, 0.15) is 35.0 Å². The van der Waals surface area contributed by atoms with Crippen molar-refractivity contribution in [1.29, 1.82) is 0 Å². The molecule has 0 radical (unpaired) electrons. The number of nitrogens with zero attached hydrogens (tertiary/aromatic N) is 3. The highest BCUT2D eigenvalue weighted by Gasteiger charge is 2.57. The smallest absolute Gasteiger partial charge is 0.299 e. The lowest BCUT2D eigenvalue weighted by Crippen LogP contribution is -2.42. The molecule has 3 heterocycles. The first kappa shape index (κ1) is 16.0. The van der Waals surface area contributed by atoms with Crippen LogP contribution >= 0.6 is 0 Å². The zero-order valence-corrected chi connectivity index (χ0v) is 17.3. The molecular weight excluding hydrogens is 408 g/mol. The van der Waals surface area contributed by atoms with Crippen LogP contribution in [0.25, 0.3) is 44.3 Å². The number of aryl methyl sites for hydroxylation is 1. The predicted octanol–water partition coefficient (Wildman–Crippen LogP) is 6.80. The number of hydrogen-bond acceptors (Lipinski definition) is 4. The third kappa shape index (κ3) is 2.32. The second kappa shape index (κ2) is 6.19. The fourth-order valence-electron chi connectivity index (χ4n) is 4.70. The van der Waals surface area contributed by atoms with Gasteiger partial charge in [0.2, 0.25) is 0 Å². The van der Waals surface area contributed by atoms with Crippen molar-refractivity contribution in [2.45, 2.75) is 32.0 Å². The second-order valence-electron chi connectivity index (χ2n) is 8.52. The number of halogens is 2. The molecule has 6 heteroatoms. The first-order valence-electron chi connectivity index (χ1n) is 11.7. The molecule has 0 atom stereocenters. The van der Waals surface area contributed by atoms with E-state index in [0.29, 0.717) is 33.4 Å². The highest BCUT2D eigenvalue weighted by Crippen LogP contribution is 2.57. The minimum atomic E-state index is -3.48. The van der Waals surface area contributed by atoms with Crippen molar-refractivity contribution in [3.05, 3.63) is 78.0 Å². The normalized spacial score (nSPS) is 17.9. The van der Waals surface area contributed by atoms with Crippen molar-refractivity contribution in [1.82, 2.24) is 15.0 Å². The summed E-state index contributed by atoms with van der Waals surface area (Å²) in [5, 5.41) is 1.51. The summed E-state index contributed by atoms with van der Waals surface area (Å²) in [6.07, 6.45) is 2.87. The molecule has 32 heavy (non-hydrogen) atoms. The van der Waals surface area contributed by atoms with Crippen LogP contribution in [0.2, 0.25) is 0 Å². The predicted molar refractivity (Wildman–Crippen MR) is 120 cm³/mol. The van der Waals surface area contributed by atoms with E-state index in [1.807, 2.05) is 42.5 Å². The van der Waals surface area contributed by atoms with Crippen LogP contribution in [-0.2, 0) is 11.3 Å². The molecule has 0 N–H and O–H groups in total. The highest BCUT2D eigenvalue weighted by molar-refractivity contribution is 6.11. The summed E-state index contributed by atoms with van der Waals surface area (Å²) in [6.45, 7) is 0.163. The van der Waals surface area contributed by atoms with Gasteiger partial charge >= 0.3 is 0 Å². The Morgan fingerprint density at radius 2 is 1.72 bits per heavy atom. The number of para-hydroxylation sites is 1. The number of hydrogen-bond donors (Lipinski definition) is 0. The number of pyridine rings is 1. The molecule has 0 bridgehead atoms. The summed E-state index contributed by atoms with van der Waals surface area (Å²) in [7, 11) is 0. The molecule has 0 unspecified atom stereocenters. The zero-order valence-electron chi connectivity index (χ0n) is 20.3. The van der Waals surface area contributed by atoms with Crippen molar-refractivity contribution < 1.29 is 17.3 Å². The average molecular weight is 430 g/mol. The summed E-state index contributed by atoms with van der Waals surface area (Å²) < 4.78 is 61.1. The van der Waals surface area contributed by atoms with Gasteiger partial charge in [-0.15, -0.1) is 0 Å². The Balaban J connectivity index is 1.70. The Labute approximate surface area is 187 Å². The Morgan fingerprint density at radius 1 is 0.875 bits per heavy atom. The van der Waals surface area contributed by atoms with Gasteiger partial charge in [-0.25, -0.2) is 9.97 Å². The van der Waals surface area contributed by atoms with Crippen LogP contribution in [0.15, 0.2) is 65.3 Å². The average Bonchev–Trinajstić information content (AvgIpc) is 3.21. The number of alkyl halides is 2. The number of aromatic nitrogens is 3. The quantitative estimate of drug-likeness (QED) is 0.294. The van der Waals surface area contributed by atoms with Crippen LogP contribution in [0.3, 0.4) is 0 Å². The third-order valence-corrected chi connectivity index (χ3v) is 6.39. The molecule has 1 aliphatic carbocycles. The summed E-state index contributed by atoms with van der Waals surface area (Å²) >= 11 is 0. The van der Waals surface area contributed by atoms with Gasteiger partial charge in [0.05, 0.1) is 11.1 Å². The lowest BCUT2D eigenvalue weighted by Gasteiger charge is -2.40. The largest absolute Gasteiger partial charge is 0.455 e. The molecule has 0 amide bonds. The second-order valence-corrected chi connectivity index (χ2v) is 8.52. The maximum absolute atomic E-state index is 16.0. The molecule has 158 valence electrons. The summed E-state index contributed by atoms with van der Waals surface area (Å²) in [4.78, 5) is 12.2. The van der Waals surface area contributed by atoms with Gasteiger partial charge in [0, 0.05) is 44.0 Å². The van der Waals surface area contributed by atoms with E-state index in [1.54, 1.807) is 12.3 Å². The van der Waals surface area contributed by atoms with E-state index in [0.717, 1.165) is 10.9 Å². The molecule has 5 aromatic rings. The van der Waals surface area contributed by atoms with Gasteiger partial charge < -0.3 is 4.42 Å². The standard InChI is InChI=1S/C26H19F2N3O/c1-14-30-13-19-15-10-11-17-16-7-6-8-18(20-9-4-5-12-29-20)22(16)32-23(17)21(15)25(2,3)26(27,28)24(19)31-14/h4-13H,1-3H3/i1D3. The minimum Gasteiger partial charge on any atom is -0.455 e. The maximum Gasteiger partial charge on any atom is 0.299 e. The van der Waals surface area contributed by atoms with Gasteiger partial charge in [-0.3, -0.25) is 4.98 Å². The monoisotopic (exact) mass is 430 g/mol. The van der Waals surface area contributed by atoms with Crippen molar-refractivity contribution in [2.24, 2.45) is 0 Å². The third-order valence-electron chi connectivity index (χ3n) is 6.39. The Kier molecular flexibility index (Phi) is 3.10. The van der Waals surface area contributed by atoms with Crippen LogP contribution < -0.4 is 0 Å². The van der Waals surface area contributed by atoms with Gasteiger partial charge in [0.25, 0.3) is 5.92 Å². The number of benzene rings is 2. The molecule has 0 aliphatic heterocycles. The molecule has 0 saturated heterocycles. The van der Waals surface area contributed by atoms with Crippen LogP contribution in [0.4, 0.5) is 8.78 Å².